The van der Waals surface area contributed by atoms with Gasteiger partial charge >= 0.3 is 0 Å². The maximum absolute atomic E-state index is 13.1. The molecule has 4 nitrogen and oxygen atoms in total. The molecule has 2 aromatic heterocycles. The predicted octanol–water partition coefficient (Wildman–Crippen LogP) is 3.53. The molecule has 3 rings (SSSR count). The zero-order valence-electron chi connectivity index (χ0n) is 11.6. The van der Waals surface area contributed by atoms with Crippen LogP contribution in [0.15, 0.2) is 35.7 Å². The number of nitrogens with one attached hydrogen (secondary N) is 2. The molecule has 0 radical (unpaired) electrons. The van der Waals surface area contributed by atoms with Gasteiger partial charge in [-0.3, -0.25) is 0 Å². The Bertz CT molecular complexity index is 756. The first kappa shape index (κ1) is 13.8. The SMILES string of the molecule is CNc1nc(NCCc2cccc(F)c2)c2ccsc2n1. The van der Waals surface area contributed by atoms with Crippen molar-refractivity contribution >= 4 is 33.3 Å². The predicted molar refractivity (Wildman–Crippen MR) is 85.6 cm³/mol. The van der Waals surface area contributed by atoms with Crippen LogP contribution in [0.2, 0.25) is 0 Å². The molecule has 0 bridgehead atoms. The standard InChI is InChI=1S/C15H15FN4S/c1-17-15-19-13(12-6-8-21-14(12)20-15)18-7-5-10-3-2-4-11(16)9-10/h2-4,6,8-9H,5,7H2,1H3,(H2,17,18,19,20). The van der Waals surface area contributed by atoms with E-state index in [2.05, 4.69) is 20.6 Å². The van der Waals surface area contributed by atoms with E-state index in [1.165, 1.54) is 6.07 Å². The molecule has 21 heavy (non-hydrogen) atoms. The highest BCUT2D eigenvalue weighted by Gasteiger charge is 2.07. The molecule has 0 saturated heterocycles. The molecule has 2 N–H and O–H groups in total. The fourth-order valence-corrected chi connectivity index (χ4v) is 2.88. The second-order valence-corrected chi connectivity index (χ2v) is 5.49. The number of nitrogens with zero attached hydrogens (tertiary/aromatic N) is 2. The van der Waals surface area contributed by atoms with Gasteiger partial charge in [-0.1, -0.05) is 12.1 Å². The van der Waals surface area contributed by atoms with Crippen molar-refractivity contribution in [2.75, 3.05) is 24.2 Å². The second-order valence-electron chi connectivity index (χ2n) is 4.59. The normalized spacial score (nSPS) is 10.8. The van der Waals surface area contributed by atoms with E-state index in [1.54, 1.807) is 30.5 Å². The molecule has 3 aromatic rings. The van der Waals surface area contributed by atoms with Gasteiger partial charge in [0, 0.05) is 13.6 Å². The monoisotopic (exact) mass is 302 g/mol. The number of hydrogen-bond donors (Lipinski definition) is 2. The highest BCUT2D eigenvalue weighted by molar-refractivity contribution is 7.16. The van der Waals surface area contributed by atoms with E-state index in [0.29, 0.717) is 12.5 Å². The minimum atomic E-state index is -0.202. The van der Waals surface area contributed by atoms with E-state index in [0.717, 1.165) is 28.0 Å². The Kier molecular flexibility index (Phi) is 3.96. The van der Waals surface area contributed by atoms with Crippen molar-refractivity contribution in [2.24, 2.45) is 0 Å². The van der Waals surface area contributed by atoms with E-state index >= 15 is 0 Å². The maximum Gasteiger partial charge on any atom is 0.225 e. The zero-order chi connectivity index (χ0) is 14.7. The molecule has 0 fully saturated rings. The molecular weight excluding hydrogens is 287 g/mol. The highest BCUT2D eigenvalue weighted by Crippen LogP contribution is 2.26. The number of benzene rings is 1. The van der Waals surface area contributed by atoms with Crippen LogP contribution in [0.5, 0.6) is 0 Å². The number of halogens is 1. The zero-order valence-corrected chi connectivity index (χ0v) is 12.4. The number of anilines is 2. The van der Waals surface area contributed by atoms with Crippen LogP contribution in [-0.2, 0) is 6.42 Å². The van der Waals surface area contributed by atoms with Gasteiger partial charge in [-0.2, -0.15) is 4.98 Å². The third-order valence-electron chi connectivity index (χ3n) is 3.14. The minimum absolute atomic E-state index is 0.202. The van der Waals surface area contributed by atoms with Gasteiger partial charge in [-0.05, 0) is 35.6 Å². The number of thiophene rings is 1. The average molecular weight is 302 g/mol. The molecule has 0 saturated carbocycles. The van der Waals surface area contributed by atoms with Crippen molar-refractivity contribution < 1.29 is 4.39 Å². The summed E-state index contributed by atoms with van der Waals surface area (Å²) >= 11 is 1.58. The lowest BCUT2D eigenvalue weighted by Crippen LogP contribution is -2.08. The van der Waals surface area contributed by atoms with E-state index in [1.807, 2.05) is 17.5 Å². The quantitative estimate of drug-likeness (QED) is 0.757. The number of rotatable bonds is 5. The fourth-order valence-electron chi connectivity index (χ4n) is 2.12. The lowest BCUT2D eigenvalue weighted by atomic mass is 10.1. The first-order chi connectivity index (χ1) is 10.3. The van der Waals surface area contributed by atoms with Crippen LogP contribution in [0.4, 0.5) is 16.2 Å². The molecule has 0 aliphatic heterocycles. The van der Waals surface area contributed by atoms with Gasteiger partial charge in [0.05, 0.1) is 5.39 Å². The Hall–Kier alpha value is -2.21. The summed E-state index contributed by atoms with van der Waals surface area (Å²) in [5, 5.41) is 9.28. The van der Waals surface area contributed by atoms with E-state index in [9.17, 15) is 4.39 Å². The van der Waals surface area contributed by atoms with Crippen molar-refractivity contribution in [3.63, 3.8) is 0 Å². The summed E-state index contributed by atoms with van der Waals surface area (Å²) in [5.74, 6) is 1.20. The maximum atomic E-state index is 13.1. The Labute approximate surface area is 126 Å². The number of aromatic nitrogens is 2. The first-order valence-electron chi connectivity index (χ1n) is 6.67. The summed E-state index contributed by atoms with van der Waals surface area (Å²) in [6.45, 7) is 0.689. The number of fused-ring (bicyclic) bond motifs is 1. The topological polar surface area (TPSA) is 49.8 Å². The third-order valence-corrected chi connectivity index (χ3v) is 3.95. The van der Waals surface area contributed by atoms with E-state index in [4.69, 9.17) is 0 Å². The van der Waals surface area contributed by atoms with Crippen molar-refractivity contribution in [1.82, 2.24) is 9.97 Å². The lowest BCUT2D eigenvalue weighted by Gasteiger charge is -2.08. The summed E-state index contributed by atoms with van der Waals surface area (Å²) in [4.78, 5) is 9.79. The Balaban J connectivity index is 1.74. The molecule has 0 aliphatic rings. The average Bonchev–Trinajstić information content (AvgIpc) is 2.95. The molecule has 6 heteroatoms. The smallest absolute Gasteiger partial charge is 0.225 e. The summed E-state index contributed by atoms with van der Waals surface area (Å²) in [6, 6.07) is 8.66. The molecule has 0 amide bonds. The van der Waals surface area contributed by atoms with Crippen LogP contribution >= 0.6 is 11.3 Å². The second kappa shape index (κ2) is 6.05. The molecule has 2 heterocycles. The van der Waals surface area contributed by atoms with Crippen molar-refractivity contribution in [2.45, 2.75) is 6.42 Å². The van der Waals surface area contributed by atoms with Crippen molar-refractivity contribution in [3.05, 3.63) is 47.1 Å². The number of hydrogen-bond acceptors (Lipinski definition) is 5. The van der Waals surface area contributed by atoms with Crippen LogP contribution in [0.3, 0.4) is 0 Å². The van der Waals surface area contributed by atoms with Crippen LogP contribution in [0.1, 0.15) is 5.56 Å². The molecule has 0 spiro atoms. The molecular formula is C15H15FN4S. The first-order valence-corrected chi connectivity index (χ1v) is 7.55. The Morgan fingerprint density at radius 3 is 2.95 bits per heavy atom. The highest BCUT2D eigenvalue weighted by atomic mass is 32.1. The van der Waals surface area contributed by atoms with Crippen molar-refractivity contribution in [1.29, 1.82) is 0 Å². The van der Waals surface area contributed by atoms with Gasteiger partial charge in [-0.15, -0.1) is 11.3 Å². The fraction of sp³-hybridized carbons (Fsp3) is 0.200. The van der Waals surface area contributed by atoms with Crippen LogP contribution < -0.4 is 10.6 Å². The van der Waals surface area contributed by atoms with Crippen LogP contribution in [-0.4, -0.2) is 23.6 Å². The summed E-state index contributed by atoms with van der Waals surface area (Å²) in [5.41, 5.74) is 0.965. The molecule has 0 unspecified atom stereocenters. The summed E-state index contributed by atoms with van der Waals surface area (Å²) in [7, 11) is 1.80. The summed E-state index contributed by atoms with van der Waals surface area (Å²) in [6.07, 6.45) is 0.738. The van der Waals surface area contributed by atoms with Gasteiger partial charge in [0.1, 0.15) is 16.5 Å². The molecule has 1 aromatic carbocycles. The third kappa shape index (κ3) is 3.11. The van der Waals surface area contributed by atoms with Gasteiger partial charge in [0.2, 0.25) is 5.95 Å². The van der Waals surface area contributed by atoms with Crippen molar-refractivity contribution in [3.8, 4) is 0 Å². The van der Waals surface area contributed by atoms with Gasteiger partial charge in [0.25, 0.3) is 0 Å². The molecule has 108 valence electrons. The van der Waals surface area contributed by atoms with E-state index in [-0.39, 0.29) is 5.82 Å². The van der Waals surface area contributed by atoms with Crippen LogP contribution in [0.25, 0.3) is 10.2 Å². The molecule has 0 atom stereocenters. The largest absolute Gasteiger partial charge is 0.369 e. The summed E-state index contributed by atoms with van der Waals surface area (Å²) < 4.78 is 13.1. The van der Waals surface area contributed by atoms with Gasteiger partial charge < -0.3 is 10.6 Å². The lowest BCUT2D eigenvalue weighted by molar-refractivity contribution is 0.625. The van der Waals surface area contributed by atoms with E-state index < -0.39 is 0 Å². The Morgan fingerprint density at radius 2 is 2.14 bits per heavy atom. The van der Waals surface area contributed by atoms with Gasteiger partial charge in [0.15, 0.2) is 0 Å². The molecule has 0 aliphatic carbocycles. The minimum Gasteiger partial charge on any atom is -0.369 e. The van der Waals surface area contributed by atoms with Gasteiger partial charge in [-0.25, -0.2) is 9.37 Å². The van der Waals surface area contributed by atoms with Crippen LogP contribution in [0, 0.1) is 5.82 Å². The Morgan fingerprint density at radius 1 is 1.24 bits per heavy atom.